The molecule has 4 heavy (non-hydrogen) atoms. The molecule has 0 aliphatic carbocycles. The van der Waals surface area contributed by atoms with Gasteiger partial charge in [-0.25, -0.2) is 0 Å². The summed E-state index contributed by atoms with van der Waals surface area (Å²) in [6.45, 7) is 4.75. The van der Waals surface area contributed by atoms with Gasteiger partial charge in [-0.05, 0) is 0 Å². The molecule has 0 aromatic heterocycles. The van der Waals surface area contributed by atoms with Crippen LogP contribution in [0.5, 0.6) is 0 Å². The van der Waals surface area contributed by atoms with Gasteiger partial charge in [0.25, 0.3) is 0 Å². The Bertz CT molecular complexity index is 10.8. The summed E-state index contributed by atoms with van der Waals surface area (Å²) in [6.07, 6.45) is 0. The minimum Gasteiger partial charge on any atom is -0.512 e. The zero-order valence-electron chi connectivity index (χ0n) is 2.52. The van der Waals surface area contributed by atoms with E-state index in [2.05, 4.69) is 0 Å². The van der Waals surface area contributed by atoms with Crippen LogP contribution in [0, 0.1) is 19.3 Å². The zero-order valence-corrected chi connectivity index (χ0v) is 5.36. The molecule has 0 unspecified atom stereocenters. The molecule has 0 atom stereocenters. The van der Waals surface area contributed by atoms with Crippen LogP contribution in [0.15, 0.2) is 0 Å². The Kier molecular flexibility index (Phi) is 400. The van der Waals surface area contributed by atoms with Gasteiger partial charge in [-0.1, -0.05) is 0 Å². The van der Waals surface area contributed by atoms with Crippen molar-refractivity contribution in [3.8, 4) is 0 Å². The molecule has 0 N–H and O–H groups in total. The molecule has 0 saturated heterocycles. The van der Waals surface area contributed by atoms with E-state index in [-0.39, 0.29) is 40.1 Å². The summed E-state index contributed by atoms with van der Waals surface area (Å²) in [5.74, 6) is 0. The molecular weight excluding hydrogens is 127 g/mol. The molecule has 0 rings (SSSR count). The van der Waals surface area contributed by atoms with Crippen LogP contribution in [-0.4, -0.2) is 0 Å². The first-order valence-electron chi connectivity index (χ1n) is 0.224. The normalized spacial score (nSPS) is 0.500. The molecule has 0 aliphatic heterocycles. The number of rotatable bonds is 0. The van der Waals surface area contributed by atoms with Gasteiger partial charge in [-0.15, -0.1) is 0 Å². The minimum absolute atomic E-state index is 0. The maximum Gasteiger partial charge on any atom is 0 e. The van der Waals surface area contributed by atoms with Gasteiger partial charge < -0.3 is 19.3 Å². The average Bonchev–Trinajstić information content (AvgIpc) is 1.00. The third-order valence-electron chi connectivity index (χ3n) is 0. The van der Waals surface area contributed by atoms with Crippen molar-refractivity contribution in [2.75, 3.05) is 0 Å². The third kappa shape index (κ3) is 18.7. The predicted octanol–water partition coefficient (Wildman–Crippen LogP) is 0.544. The number of nitrogens with zero attached hydrogens (tertiary/aromatic N) is 1. The smallest absolute Gasteiger partial charge is 0 e. The average molecular weight is 130 g/mol. The molecule has 0 amide bonds. The molecule has 1 radical (unpaired) electrons. The first kappa shape index (κ1) is 23.4. The second kappa shape index (κ2) is 68.6. The fraction of sp³-hybridized carbons (Fsp3) is 0. The molecule has 0 bridgehead atoms. The van der Waals surface area contributed by atoms with Crippen LogP contribution in [0.1, 0.15) is 0 Å². The maximum atomic E-state index is 6.25. The van der Waals surface area contributed by atoms with E-state index in [0.717, 1.165) is 0 Å². The van der Waals surface area contributed by atoms with Gasteiger partial charge in [-0.3, -0.25) is 0 Å². The van der Waals surface area contributed by atoms with E-state index in [0.29, 0.717) is 0 Å². The Morgan fingerprint density at radius 2 is 1.25 bits per heavy atom. The van der Waals surface area contributed by atoms with E-state index < -0.39 is 0 Å². The second-order valence-corrected chi connectivity index (χ2v) is 0. The number of hydrogen-bond acceptors (Lipinski definition) is 1. The summed E-state index contributed by atoms with van der Waals surface area (Å²) in [6, 6.07) is 0. The zero-order chi connectivity index (χ0) is 2.00. The molecule has 0 spiro atoms. The van der Waals surface area contributed by atoms with Gasteiger partial charge in [0.15, 0.2) is 0 Å². The largest absolute Gasteiger partial charge is 0.512 e. The Balaban J connectivity index is -0.00000000500. The van der Waals surface area contributed by atoms with Crippen molar-refractivity contribution in [2.45, 2.75) is 0 Å². The monoisotopic (exact) mass is 130 g/mol. The van der Waals surface area contributed by atoms with E-state index >= 15 is 0 Å². The molecule has 0 fully saturated rings. The van der Waals surface area contributed by atoms with Gasteiger partial charge in [0.2, 0.25) is 0 Å². The maximum absolute atomic E-state index is 6.25. The molecule has 0 saturated carbocycles. The van der Waals surface area contributed by atoms with Gasteiger partial charge in [0.05, 0.1) is 0 Å². The summed E-state index contributed by atoms with van der Waals surface area (Å²) in [4.78, 5) is 0. The van der Waals surface area contributed by atoms with Crippen LogP contribution >= 0.6 is 0 Å². The van der Waals surface area contributed by atoms with Crippen molar-refractivity contribution in [1.29, 1.82) is 5.26 Å². The fourth-order valence-electron chi connectivity index (χ4n) is 0. The fourth-order valence-corrected chi connectivity index (χ4v) is 0. The van der Waals surface area contributed by atoms with Crippen LogP contribution in [0.3, 0.4) is 0 Å². The minimum atomic E-state index is 0. The van der Waals surface area contributed by atoms with Crippen molar-refractivity contribution >= 4 is 0 Å². The standard InChI is InChI=1S/CN.CH3.Y/c1-2;;/h;1H3;/q2*-1;. The van der Waals surface area contributed by atoms with E-state index in [9.17, 15) is 0 Å². The van der Waals surface area contributed by atoms with Gasteiger partial charge in [-0.2, -0.15) is 0 Å². The summed E-state index contributed by atoms with van der Waals surface area (Å²) in [5, 5.41) is 6.25. The molecular formula is C2H3NY-2. The Morgan fingerprint density at radius 3 is 1.25 bits per heavy atom. The van der Waals surface area contributed by atoms with Crippen molar-refractivity contribution < 1.29 is 32.7 Å². The number of hydrogen-bond donors (Lipinski definition) is 0. The molecule has 0 aromatic carbocycles. The van der Waals surface area contributed by atoms with Crippen molar-refractivity contribution in [2.24, 2.45) is 0 Å². The quantitative estimate of drug-likeness (QED) is 0.439. The molecule has 0 heterocycles. The molecule has 2 heteroatoms. The molecule has 21 valence electrons. The van der Waals surface area contributed by atoms with Crippen LogP contribution in [0.25, 0.3) is 0 Å². The first-order chi connectivity index (χ1) is 1.00. The molecule has 1 nitrogen and oxygen atoms in total. The van der Waals surface area contributed by atoms with E-state index in [1.807, 2.05) is 0 Å². The SMILES string of the molecule is [C-]#N.[CH3-].[Y]. The Hall–Kier alpha value is 0.594. The Labute approximate surface area is 51.9 Å². The summed E-state index contributed by atoms with van der Waals surface area (Å²) in [5.41, 5.74) is 0. The van der Waals surface area contributed by atoms with E-state index in [1.165, 1.54) is 0 Å². The Morgan fingerprint density at radius 1 is 1.25 bits per heavy atom. The summed E-state index contributed by atoms with van der Waals surface area (Å²) < 4.78 is 0. The van der Waals surface area contributed by atoms with Gasteiger partial charge in [0.1, 0.15) is 0 Å². The summed E-state index contributed by atoms with van der Waals surface area (Å²) >= 11 is 0. The van der Waals surface area contributed by atoms with E-state index in [1.54, 1.807) is 0 Å². The second-order valence-electron chi connectivity index (χ2n) is 0. The van der Waals surface area contributed by atoms with Crippen LogP contribution in [0.2, 0.25) is 0 Å². The van der Waals surface area contributed by atoms with Gasteiger partial charge >= 0.3 is 0 Å². The molecule has 0 aliphatic rings. The van der Waals surface area contributed by atoms with Crippen LogP contribution < -0.4 is 0 Å². The van der Waals surface area contributed by atoms with Crippen LogP contribution in [-0.2, 0) is 32.7 Å². The van der Waals surface area contributed by atoms with Crippen LogP contribution in [0.4, 0.5) is 0 Å². The molecule has 0 aromatic rings. The van der Waals surface area contributed by atoms with Crippen molar-refractivity contribution in [3.05, 3.63) is 14.0 Å². The van der Waals surface area contributed by atoms with E-state index in [4.69, 9.17) is 11.8 Å². The van der Waals surface area contributed by atoms with Crippen molar-refractivity contribution in [3.63, 3.8) is 0 Å². The van der Waals surface area contributed by atoms with Gasteiger partial charge in [0, 0.05) is 32.7 Å². The third-order valence-corrected chi connectivity index (χ3v) is 0. The predicted molar refractivity (Wildman–Crippen MR) is 11.4 cm³/mol. The van der Waals surface area contributed by atoms with Crippen molar-refractivity contribution in [1.82, 2.24) is 0 Å². The summed E-state index contributed by atoms with van der Waals surface area (Å²) in [7, 11) is 0. The first-order valence-corrected chi connectivity index (χ1v) is 0.224. The topological polar surface area (TPSA) is 23.8 Å².